The average molecular weight is 316 g/mol. The highest BCUT2D eigenvalue weighted by Gasteiger charge is 2.04. The van der Waals surface area contributed by atoms with Gasteiger partial charge in [-0.3, -0.25) is 4.79 Å². The number of hydrogen-bond donors (Lipinski definition) is 1. The lowest BCUT2D eigenvalue weighted by Gasteiger charge is -2.07. The van der Waals surface area contributed by atoms with Crippen molar-refractivity contribution in [2.24, 2.45) is 0 Å². The zero-order chi connectivity index (χ0) is 13.2. The van der Waals surface area contributed by atoms with Crippen LogP contribution in [0.5, 0.6) is 5.75 Å². The van der Waals surface area contributed by atoms with Gasteiger partial charge in [0.15, 0.2) is 0 Å². The Balaban J connectivity index is 2.41. The summed E-state index contributed by atoms with van der Waals surface area (Å²) in [6.07, 6.45) is 0.958. The normalized spacial score (nSPS) is 10.1. The van der Waals surface area contributed by atoms with Crippen molar-refractivity contribution < 1.29 is 14.3 Å². The fourth-order valence-electron chi connectivity index (χ4n) is 1.32. The van der Waals surface area contributed by atoms with Crippen LogP contribution in [0.15, 0.2) is 24.3 Å². The van der Waals surface area contributed by atoms with Crippen LogP contribution >= 0.6 is 15.9 Å². The summed E-state index contributed by atoms with van der Waals surface area (Å²) in [6, 6.07) is 7.12. The Morgan fingerprint density at radius 3 is 2.61 bits per heavy atom. The predicted octanol–water partition coefficient (Wildman–Crippen LogP) is 2.23. The smallest absolute Gasteiger partial charge is 0.251 e. The number of methoxy groups -OCH3 is 1. The van der Waals surface area contributed by atoms with Gasteiger partial charge in [0.2, 0.25) is 0 Å². The Morgan fingerprint density at radius 2 is 2.00 bits per heavy atom. The summed E-state index contributed by atoms with van der Waals surface area (Å²) in [5.41, 5.74) is 0.624. The Hall–Kier alpha value is -1.07. The second kappa shape index (κ2) is 8.94. The molecule has 0 aliphatic rings. The van der Waals surface area contributed by atoms with E-state index in [0.29, 0.717) is 25.3 Å². The van der Waals surface area contributed by atoms with E-state index in [1.54, 1.807) is 31.4 Å². The molecule has 1 rings (SSSR count). The van der Waals surface area contributed by atoms with Gasteiger partial charge < -0.3 is 14.8 Å². The van der Waals surface area contributed by atoms with Gasteiger partial charge >= 0.3 is 0 Å². The van der Waals surface area contributed by atoms with Crippen LogP contribution in [0.1, 0.15) is 16.8 Å². The van der Waals surface area contributed by atoms with Crippen molar-refractivity contribution in [3.63, 3.8) is 0 Å². The molecule has 0 heterocycles. The topological polar surface area (TPSA) is 47.6 Å². The maximum atomic E-state index is 11.7. The van der Waals surface area contributed by atoms with E-state index in [1.807, 2.05) is 0 Å². The third-order valence-corrected chi connectivity index (χ3v) is 2.82. The number of nitrogens with one attached hydrogen (secondary N) is 1. The maximum Gasteiger partial charge on any atom is 0.251 e. The van der Waals surface area contributed by atoms with Crippen molar-refractivity contribution in [3.8, 4) is 5.75 Å². The maximum absolute atomic E-state index is 11.7. The fraction of sp³-hybridized carbons (Fsp3) is 0.462. The van der Waals surface area contributed by atoms with Crippen LogP contribution in [-0.4, -0.2) is 38.1 Å². The second-order valence-electron chi connectivity index (χ2n) is 3.66. The summed E-state index contributed by atoms with van der Waals surface area (Å²) < 4.78 is 10.4. The molecular weight excluding hydrogens is 298 g/mol. The number of amides is 1. The first-order chi connectivity index (χ1) is 8.77. The average Bonchev–Trinajstić information content (AvgIpc) is 2.40. The van der Waals surface area contributed by atoms with Crippen LogP contribution in [0.3, 0.4) is 0 Å². The molecule has 0 atom stereocenters. The van der Waals surface area contributed by atoms with E-state index < -0.39 is 0 Å². The Labute approximate surface area is 116 Å². The molecule has 1 aromatic carbocycles. The molecule has 1 aromatic rings. The monoisotopic (exact) mass is 315 g/mol. The molecule has 18 heavy (non-hydrogen) atoms. The van der Waals surface area contributed by atoms with Crippen molar-refractivity contribution >= 4 is 21.8 Å². The van der Waals surface area contributed by atoms with Crippen LogP contribution < -0.4 is 10.1 Å². The molecule has 100 valence electrons. The molecule has 0 saturated heterocycles. The van der Waals surface area contributed by atoms with E-state index in [1.165, 1.54) is 0 Å². The minimum atomic E-state index is -0.0981. The van der Waals surface area contributed by atoms with E-state index in [4.69, 9.17) is 9.47 Å². The molecule has 1 amide bonds. The highest BCUT2D eigenvalue weighted by Crippen LogP contribution is 2.12. The number of alkyl halides is 1. The molecule has 1 N–H and O–H groups in total. The van der Waals surface area contributed by atoms with Gasteiger partial charge in [-0.1, -0.05) is 15.9 Å². The molecule has 5 heteroatoms. The lowest BCUT2D eigenvalue weighted by atomic mass is 10.2. The molecule has 0 saturated carbocycles. The highest BCUT2D eigenvalue weighted by atomic mass is 79.9. The number of rotatable bonds is 8. The van der Waals surface area contributed by atoms with E-state index in [2.05, 4.69) is 21.2 Å². The van der Waals surface area contributed by atoms with E-state index in [-0.39, 0.29) is 5.91 Å². The molecule has 0 spiro atoms. The molecule has 0 aliphatic carbocycles. The van der Waals surface area contributed by atoms with Crippen LogP contribution in [0.25, 0.3) is 0 Å². The van der Waals surface area contributed by atoms with Crippen LogP contribution in [0, 0.1) is 0 Å². The van der Waals surface area contributed by atoms with Gasteiger partial charge in [0.25, 0.3) is 5.91 Å². The van der Waals surface area contributed by atoms with E-state index >= 15 is 0 Å². The largest absolute Gasteiger partial charge is 0.494 e. The van der Waals surface area contributed by atoms with Gasteiger partial charge in [-0.05, 0) is 30.7 Å². The molecule has 4 nitrogen and oxygen atoms in total. The SMILES string of the molecule is COCCNC(=O)c1ccc(OCCCBr)cc1. The molecule has 0 aliphatic heterocycles. The third-order valence-electron chi connectivity index (χ3n) is 2.25. The number of carbonyl (C=O) groups excluding carboxylic acids is 1. The van der Waals surface area contributed by atoms with Gasteiger partial charge in [0.1, 0.15) is 5.75 Å². The van der Waals surface area contributed by atoms with Gasteiger partial charge in [0.05, 0.1) is 13.2 Å². The first-order valence-corrected chi connectivity index (χ1v) is 6.96. The zero-order valence-corrected chi connectivity index (χ0v) is 12.0. The van der Waals surface area contributed by atoms with Crippen molar-refractivity contribution in [1.82, 2.24) is 5.32 Å². The lowest BCUT2D eigenvalue weighted by molar-refractivity contribution is 0.0937. The van der Waals surface area contributed by atoms with Crippen LogP contribution in [0.4, 0.5) is 0 Å². The Bertz CT molecular complexity index is 354. The summed E-state index contributed by atoms with van der Waals surface area (Å²) in [5, 5.41) is 3.68. The standard InChI is InChI=1S/C13H18BrNO3/c1-17-10-8-15-13(16)11-3-5-12(6-4-11)18-9-2-7-14/h3-6H,2,7-10H2,1H3,(H,15,16). The van der Waals surface area contributed by atoms with E-state index in [0.717, 1.165) is 17.5 Å². The second-order valence-corrected chi connectivity index (χ2v) is 4.46. The highest BCUT2D eigenvalue weighted by molar-refractivity contribution is 9.09. The van der Waals surface area contributed by atoms with Gasteiger partial charge in [-0.15, -0.1) is 0 Å². The van der Waals surface area contributed by atoms with Crippen molar-refractivity contribution in [2.45, 2.75) is 6.42 Å². The molecule has 0 fully saturated rings. The van der Waals surface area contributed by atoms with E-state index in [9.17, 15) is 4.79 Å². The molecule has 0 unspecified atom stereocenters. The Morgan fingerprint density at radius 1 is 1.28 bits per heavy atom. The first kappa shape index (κ1) is 15.0. The summed E-state index contributed by atoms with van der Waals surface area (Å²) in [6.45, 7) is 1.70. The van der Waals surface area contributed by atoms with Crippen molar-refractivity contribution in [2.75, 3.05) is 32.2 Å². The number of ether oxygens (including phenoxy) is 2. The van der Waals surface area contributed by atoms with Gasteiger partial charge in [0, 0.05) is 24.5 Å². The fourth-order valence-corrected chi connectivity index (χ4v) is 1.54. The van der Waals surface area contributed by atoms with Gasteiger partial charge in [-0.25, -0.2) is 0 Å². The van der Waals surface area contributed by atoms with Crippen molar-refractivity contribution in [3.05, 3.63) is 29.8 Å². The minimum absolute atomic E-state index is 0.0981. The summed E-state index contributed by atoms with van der Waals surface area (Å²) in [5.74, 6) is 0.684. The quantitative estimate of drug-likeness (QED) is 0.591. The zero-order valence-electron chi connectivity index (χ0n) is 10.4. The number of hydrogen-bond acceptors (Lipinski definition) is 3. The molecule has 0 radical (unpaired) electrons. The molecular formula is C13H18BrNO3. The summed E-state index contributed by atoms with van der Waals surface area (Å²) >= 11 is 3.34. The van der Waals surface area contributed by atoms with Crippen LogP contribution in [0.2, 0.25) is 0 Å². The summed E-state index contributed by atoms with van der Waals surface area (Å²) in [4.78, 5) is 11.7. The summed E-state index contributed by atoms with van der Waals surface area (Å²) in [7, 11) is 1.60. The first-order valence-electron chi connectivity index (χ1n) is 5.84. The Kier molecular flexibility index (Phi) is 7.44. The number of carbonyl (C=O) groups is 1. The molecule has 0 aromatic heterocycles. The lowest BCUT2D eigenvalue weighted by Crippen LogP contribution is -2.26. The predicted molar refractivity (Wildman–Crippen MR) is 74.6 cm³/mol. The van der Waals surface area contributed by atoms with Crippen molar-refractivity contribution in [1.29, 1.82) is 0 Å². The third kappa shape index (κ3) is 5.51. The molecule has 0 bridgehead atoms. The number of halogens is 1. The number of benzene rings is 1. The minimum Gasteiger partial charge on any atom is -0.494 e. The van der Waals surface area contributed by atoms with Crippen LogP contribution in [-0.2, 0) is 4.74 Å². The van der Waals surface area contributed by atoms with Gasteiger partial charge in [-0.2, -0.15) is 0 Å².